The maximum absolute atomic E-state index is 9.61. The molecule has 0 aromatic carbocycles. The molecule has 1 fully saturated rings. The first-order chi connectivity index (χ1) is 8.75. The first kappa shape index (κ1) is 11.8. The number of pyridine rings is 1. The molecule has 3 heterocycles. The zero-order valence-corrected chi connectivity index (χ0v) is 10.8. The van der Waals surface area contributed by atoms with E-state index in [9.17, 15) is 5.11 Å². The Balaban J connectivity index is 2.07. The molecule has 0 amide bonds. The summed E-state index contributed by atoms with van der Waals surface area (Å²) in [6.07, 6.45) is 5.20. The quantitative estimate of drug-likeness (QED) is 0.833. The number of hydrogen-bond acceptors (Lipinski definition) is 3. The minimum Gasteiger partial charge on any atom is -0.506 e. The van der Waals surface area contributed by atoms with Crippen molar-refractivity contribution in [2.24, 2.45) is 0 Å². The highest BCUT2D eigenvalue weighted by Crippen LogP contribution is 2.28. The third-order valence-corrected chi connectivity index (χ3v) is 3.79. The number of rotatable bonds is 1. The van der Waals surface area contributed by atoms with E-state index < -0.39 is 0 Å². The molecule has 0 spiro atoms. The molecule has 96 valence electrons. The van der Waals surface area contributed by atoms with Gasteiger partial charge in [0, 0.05) is 12.5 Å². The molecule has 0 radical (unpaired) electrons. The fourth-order valence-corrected chi connectivity index (χ4v) is 2.83. The van der Waals surface area contributed by atoms with Crippen molar-refractivity contribution in [1.82, 2.24) is 14.7 Å². The van der Waals surface area contributed by atoms with Gasteiger partial charge in [-0.2, -0.15) is 0 Å². The maximum atomic E-state index is 9.61. The molecule has 5 heteroatoms. The molecule has 1 atom stereocenters. The number of aromatic nitrogens is 2. The van der Waals surface area contributed by atoms with E-state index in [1.165, 1.54) is 12.8 Å². The smallest absolute Gasteiger partial charge is 0.155 e. The van der Waals surface area contributed by atoms with Gasteiger partial charge in [-0.25, -0.2) is 4.98 Å². The summed E-state index contributed by atoms with van der Waals surface area (Å²) in [7, 11) is 0. The van der Waals surface area contributed by atoms with Gasteiger partial charge < -0.3 is 10.4 Å². The molecule has 0 aliphatic carbocycles. The Morgan fingerprint density at radius 1 is 1.39 bits per heavy atom. The van der Waals surface area contributed by atoms with Gasteiger partial charge in [-0.05, 0) is 31.5 Å². The Morgan fingerprint density at radius 3 is 3.17 bits per heavy atom. The van der Waals surface area contributed by atoms with Crippen LogP contribution in [0.2, 0.25) is 5.15 Å². The Hall–Kier alpha value is -1.26. The van der Waals surface area contributed by atoms with Crippen LogP contribution in [0.4, 0.5) is 0 Å². The van der Waals surface area contributed by atoms with Crippen molar-refractivity contribution in [3.63, 3.8) is 0 Å². The predicted molar refractivity (Wildman–Crippen MR) is 71.3 cm³/mol. The molecule has 4 nitrogen and oxygen atoms in total. The second-order valence-corrected chi connectivity index (χ2v) is 5.16. The zero-order valence-electron chi connectivity index (χ0n) is 10.1. The molecule has 3 rings (SSSR count). The number of fused-ring (bicyclic) bond motifs is 1. The van der Waals surface area contributed by atoms with E-state index in [4.69, 9.17) is 11.6 Å². The van der Waals surface area contributed by atoms with Crippen molar-refractivity contribution in [3.8, 4) is 5.75 Å². The summed E-state index contributed by atoms with van der Waals surface area (Å²) in [6, 6.07) is 3.44. The summed E-state index contributed by atoms with van der Waals surface area (Å²) in [6.45, 7) is 1.99. The van der Waals surface area contributed by atoms with Gasteiger partial charge in [0.05, 0.1) is 11.7 Å². The van der Waals surface area contributed by atoms with Gasteiger partial charge in [0.2, 0.25) is 0 Å². The van der Waals surface area contributed by atoms with E-state index in [0.717, 1.165) is 30.9 Å². The summed E-state index contributed by atoms with van der Waals surface area (Å²) < 4.78 is 1.91. The highest BCUT2D eigenvalue weighted by Gasteiger charge is 2.20. The summed E-state index contributed by atoms with van der Waals surface area (Å²) in [5.41, 5.74) is 0.855. The molecule has 1 aliphatic rings. The van der Waals surface area contributed by atoms with Crippen LogP contribution in [0, 0.1) is 0 Å². The van der Waals surface area contributed by atoms with E-state index >= 15 is 0 Å². The zero-order chi connectivity index (χ0) is 12.5. The molecule has 2 aromatic rings. The summed E-state index contributed by atoms with van der Waals surface area (Å²) >= 11 is 6.16. The molecule has 2 aromatic heterocycles. The van der Waals surface area contributed by atoms with E-state index in [1.54, 1.807) is 18.3 Å². The number of halogens is 1. The highest BCUT2D eigenvalue weighted by molar-refractivity contribution is 6.32. The van der Waals surface area contributed by atoms with Crippen molar-refractivity contribution in [3.05, 3.63) is 29.3 Å². The van der Waals surface area contributed by atoms with Crippen molar-refractivity contribution >= 4 is 17.1 Å². The first-order valence-electron chi connectivity index (χ1n) is 6.33. The second-order valence-electron chi connectivity index (χ2n) is 4.80. The molecule has 18 heavy (non-hydrogen) atoms. The minimum absolute atomic E-state index is 0.236. The number of hydrogen-bond donors (Lipinski definition) is 2. The van der Waals surface area contributed by atoms with E-state index in [2.05, 4.69) is 10.3 Å². The fourth-order valence-electron chi connectivity index (χ4n) is 2.59. The van der Waals surface area contributed by atoms with Gasteiger partial charge in [-0.15, -0.1) is 0 Å². The van der Waals surface area contributed by atoms with Crippen molar-refractivity contribution in [2.75, 3.05) is 13.1 Å². The van der Waals surface area contributed by atoms with Gasteiger partial charge in [-0.3, -0.25) is 4.40 Å². The summed E-state index contributed by atoms with van der Waals surface area (Å²) in [5, 5.41) is 13.5. The number of aromatic hydroxyl groups is 1. The van der Waals surface area contributed by atoms with Crippen LogP contribution >= 0.6 is 11.6 Å². The summed E-state index contributed by atoms with van der Waals surface area (Å²) in [5.74, 6) is 1.54. The molecule has 1 aliphatic heterocycles. The fraction of sp³-hybridized carbons (Fsp3) is 0.462. The van der Waals surface area contributed by atoms with Crippen LogP contribution in [0.15, 0.2) is 18.3 Å². The lowest BCUT2D eigenvalue weighted by molar-refractivity contribution is 0.470. The van der Waals surface area contributed by atoms with Crippen molar-refractivity contribution in [1.29, 1.82) is 0 Å². The lowest BCUT2D eigenvalue weighted by atomic mass is 10.0. The number of nitrogens with one attached hydrogen (secondary N) is 1. The van der Waals surface area contributed by atoms with E-state index in [0.29, 0.717) is 11.1 Å². The maximum Gasteiger partial charge on any atom is 0.155 e. The topological polar surface area (TPSA) is 49.6 Å². The largest absolute Gasteiger partial charge is 0.506 e. The lowest BCUT2D eigenvalue weighted by Crippen LogP contribution is -2.20. The normalized spacial score (nSPS) is 21.1. The first-order valence-corrected chi connectivity index (χ1v) is 6.70. The SMILES string of the molecule is Oc1ccc2c(Cl)nc(C3CCCCNC3)n2c1. The monoisotopic (exact) mass is 265 g/mol. The van der Waals surface area contributed by atoms with Crippen molar-refractivity contribution < 1.29 is 5.11 Å². The second kappa shape index (κ2) is 4.78. The molecular weight excluding hydrogens is 250 g/mol. The third-order valence-electron chi connectivity index (χ3n) is 3.52. The van der Waals surface area contributed by atoms with Crippen LogP contribution in [-0.2, 0) is 0 Å². The van der Waals surface area contributed by atoms with Gasteiger partial charge in [0.15, 0.2) is 5.15 Å². The Labute approximate surface area is 111 Å². The standard InChI is InChI=1S/C13H16ClN3O/c14-12-11-5-4-10(18)8-17(11)13(16-12)9-3-1-2-6-15-7-9/h4-5,8-9,15,18H,1-3,6-7H2. The molecular formula is C13H16ClN3O. The summed E-state index contributed by atoms with van der Waals surface area (Å²) in [4.78, 5) is 4.47. The molecule has 2 N–H and O–H groups in total. The van der Waals surface area contributed by atoms with Crippen LogP contribution < -0.4 is 5.32 Å². The van der Waals surface area contributed by atoms with Crippen LogP contribution in [0.3, 0.4) is 0 Å². The molecule has 1 saturated heterocycles. The molecule has 1 unspecified atom stereocenters. The van der Waals surface area contributed by atoms with Gasteiger partial charge in [-0.1, -0.05) is 18.0 Å². The van der Waals surface area contributed by atoms with Crippen LogP contribution in [-0.4, -0.2) is 27.6 Å². The van der Waals surface area contributed by atoms with Gasteiger partial charge in [0.25, 0.3) is 0 Å². The van der Waals surface area contributed by atoms with Crippen LogP contribution in [0.1, 0.15) is 31.0 Å². The lowest BCUT2D eigenvalue weighted by Gasteiger charge is -2.13. The molecule has 0 saturated carbocycles. The Morgan fingerprint density at radius 2 is 2.28 bits per heavy atom. The number of imidazole rings is 1. The van der Waals surface area contributed by atoms with E-state index in [-0.39, 0.29) is 5.75 Å². The minimum atomic E-state index is 0.236. The van der Waals surface area contributed by atoms with Gasteiger partial charge >= 0.3 is 0 Å². The van der Waals surface area contributed by atoms with Crippen LogP contribution in [0.5, 0.6) is 5.75 Å². The number of nitrogens with zero attached hydrogens (tertiary/aromatic N) is 2. The predicted octanol–water partition coefficient (Wildman–Crippen LogP) is 2.55. The molecule has 0 bridgehead atoms. The Bertz CT molecular complexity index is 559. The van der Waals surface area contributed by atoms with Crippen molar-refractivity contribution in [2.45, 2.75) is 25.2 Å². The van der Waals surface area contributed by atoms with Crippen LogP contribution in [0.25, 0.3) is 5.52 Å². The average Bonchev–Trinajstić information content (AvgIpc) is 2.58. The third kappa shape index (κ3) is 2.06. The average molecular weight is 266 g/mol. The van der Waals surface area contributed by atoms with E-state index in [1.807, 2.05) is 4.40 Å². The Kier molecular flexibility index (Phi) is 3.14. The van der Waals surface area contributed by atoms with Gasteiger partial charge in [0.1, 0.15) is 11.6 Å². The highest BCUT2D eigenvalue weighted by atomic mass is 35.5.